The average Bonchev–Trinajstić information content (AvgIpc) is 2.37. The fourth-order valence-corrected chi connectivity index (χ4v) is 1.09. The van der Waals surface area contributed by atoms with Crippen molar-refractivity contribution < 1.29 is 4.74 Å². The topological polar surface area (TPSA) is 47.6 Å². The highest BCUT2D eigenvalue weighted by atomic mass is 16.5. The summed E-state index contributed by atoms with van der Waals surface area (Å²) in [5.41, 5.74) is 5.40. The van der Waals surface area contributed by atoms with Gasteiger partial charge in [0.2, 0.25) is 0 Å². The van der Waals surface area contributed by atoms with Crippen molar-refractivity contribution in [1.82, 2.24) is 0 Å². The largest absolute Gasteiger partial charge is 0.475 e. The number of nitrogens with two attached hydrogens (primary N) is 1. The zero-order valence-electron chi connectivity index (χ0n) is 7.21. The molecular weight excluding hydrogens is 140 g/mol. The van der Waals surface area contributed by atoms with Gasteiger partial charge in [-0.2, -0.15) is 0 Å². The third-order valence-corrected chi connectivity index (χ3v) is 1.72. The molecule has 0 bridgehead atoms. The van der Waals surface area contributed by atoms with E-state index in [-0.39, 0.29) is 6.10 Å². The highest BCUT2D eigenvalue weighted by Crippen LogP contribution is 2.12. The third-order valence-electron chi connectivity index (χ3n) is 1.72. The maximum Gasteiger partial charge on any atom is 0.186 e. The van der Waals surface area contributed by atoms with Gasteiger partial charge < -0.3 is 10.5 Å². The Bertz CT molecular complexity index is 154. The second-order valence-corrected chi connectivity index (χ2v) is 3.15. The third kappa shape index (κ3) is 2.19. The Morgan fingerprint density at radius 3 is 2.91 bits per heavy atom. The molecular formula is C8H16N2O. The van der Waals surface area contributed by atoms with Crippen LogP contribution >= 0.6 is 0 Å². The number of nitrogens with zero attached hydrogens (tertiary/aromatic N) is 1. The van der Waals surface area contributed by atoms with Crippen LogP contribution in [-0.2, 0) is 4.74 Å². The molecule has 0 fully saturated rings. The van der Waals surface area contributed by atoms with Crippen molar-refractivity contribution in [2.75, 3.05) is 13.1 Å². The van der Waals surface area contributed by atoms with Crippen LogP contribution in [0.5, 0.6) is 0 Å². The summed E-state index contributed by atoms with van der Waals surface area (Å²) >= 11 is 0. The standard InChI is InChI=1S/C8H16N2O/c1-6(2)8-10-5-7(11-8)3-4-9/h6-7H,3-5,9H2,1-2H3. The Balaban J connectivity index is 2.31. The lowest BCUT2D eigenvalue weighted by Gasteiger charge is -2.10. The van der Waals surface area contributed by atoms with Crippen LogP contribution in [0.3, 0.4) is 0 Å². The Hall–Kier alpha value is -0.570. The van der Waals surface area contributed by atoms with Gasteiger partial charge in [-0.15, -0.1) is 0 Å². The summed E-state index contributed by atoms with van der Waals surface area (Å²) < 4.78 is 5.53. The first kappa shape index (κ1) is 8.53. The van der Waals surface area contributed by atoms with Gasteiger partial charge in [0, 0.05) is 5.92 Å². The van der Waals surface area contributed by atoms with Crippen LogP contribution in [0.4, 0.5) is 0 Å². The average molecular weight is 156 g/mol. The molecule has 0 saturated heterocycles. The van der Waals surface area contributed by atoms with Crippen LogP contribution in [-0.4, -0.2) is 25.1 Å². The minimum Gasteiger partial charge on any atom is -0.475 e. The van der Waals surface area contributed by atoms with Crippen LogP contribution < -0.4 is 5.73 Å². The molecule has 2 N–H and O–H groups in total. The van der Waals surface area contributed by atoms with E-state index >= 15 is 0 Å². The maximum atomic E-state index is 5.53. The molecule has 3 heteroatoms. The Labute approximate surface area is 67.6 Å². The summed E-state index contributed by atoms with van der Waals surface area (Å²) in [5.74, 6) is 1.31. The first-order chi connectivity index (χ1) is 5.24. The van der Waals surface area contributed by atoms with Gasteiger partial charge in [0.25, 0.3) is 0 Å². The lowest BCUT2D eigenvalue weighted by molar-refractivity contribution is 0.205. The van der Waals surface area contributed by atoms with E-state index in [0.717, 1.165) is 18.9 Å². The Kier molecular flexibility index (Phi) is 2.88. The summed E-state index contributed by atoms with van der Waals surface area (Å²) in [7, 11) is 0. The van der Waals surface area contributed by atoms with E-state index in [1.54, 1.807) is 0 Å². The van der Waals surface area contributed by atoms with E-state index in [0.29, 0.717) is 12.5 Å². The first-order valence-corrected chi connectivity index (χ1v) is 4.15. The van der Waals surface area contributed by atoms with E-state index in [9.17, 15) is 0 Å². The molecule has 64 valence electrons. The summed E-state index contributed by atoms with van der Waals surface area (Å²) in [6.45, 7) is 5.66. The van der Waals surface area contributed by atoms with Crippen LogP contribution in [0.2, 0.25) is 0 Å². The van der Waals surface area contributed by atoms with E-state index in [4.69, 9.17) is 10.5 Å². The summed E-state index contributed by atoms with van der Waals surface area (Å²) in [6.07, 6.45) is 1.16. The minimum atomic E-state index is 0.248. The molecule has 3 nitrogen and oxygen atoms in total. The van der Waals surface area contributed by atoms with E-state index < -0.39 is 0 Å². The molecule has 1 rings (SSSR count). The fourth-order valence-electron chi connectivity index (χ4n) is 1.09. The predicted molar refractivity (Wildman–Crippen MR) is 45.7 cm³/mol. The van der Waals surface area contributed by atoms with Gasteiger partial charge in [0.1, 0.15) is 6.10 Å². The molecule has 0 aromatic rings. The van der Waals surface area contributed by atoms with Gasteiger partial charge in [-0.05, 0) is 13.0 Å². The lowest BCUT2D eigenvalue weighted by atomic mass is 10.2. The van der Waals surface area contributed by atoms with Gasteiger partial charge in [0.15, 0.2) is 5.90 Å². The van der Waals surface area contributed by atoms with Gasteiger partial charge in [-0.3, -0.25) is 4.99 Å². The molecule has 1 unspecified atom stereocenters. The molecule has 1 atom stereocenters. The second kappa shape index (κ2) is 3.72. The minimum absolute atomic E-state index is 0.248. The summed E-state index contributed by atoms with van der Waals surface area (Å²) in [6, 6.07) is 0. The Morgan fingerprint density at radius 2 is 2.45 bits per heavy atom. The number of ether oxygens (including phenoxy) is 1. The molecule has 1 aliphatic rings. The lowest BCUT2D eigenvalue weighted by Crippen LogP contribution is -2.19. The van der Waals surface area contributed by atoms with Gasteiger partial charge in [-0.1, -0.05) is 13.8 Å². The quantitative estimate of drug-likeness (QED) is 0.656. The predicted octanol–water partition coefficient (Wildman–Crippen LogP) is 0.788. The second-order valence-electron chi connectivity index (χ2n) is 3.15. The van der Waals surface area contributed by atoms with E-state index in [1.807, 2.05) is 0 Å². The van der Waals surface area contributed by atoms with Crippen molar-refractivity contribution in [3.05, 3.63) is 0 Å². The molecule has 0 amide bonds. The van der Waals surface area contributed by atoms with Crippen LogP contribution in [0, 0.1) is 5.92 Å². The molecule has 0 saturated carbocycles. The Morgan fingerprint density at radius 1 is 1.73 bits per heavy atom. The van der Waals surface area contributed by atoms with Crippen LogP contribution in [0.25, 0.3) is 0 Å². The molecule has 11 heavy (non-hydrogen) atoms. The van der Waals surface area contributed by atoms with Crippen LogP contribution in [0.15, 0.2) is 4.99 Å². The van der Waals surface area contributed by atoms with Crippen molar-refractivity contribution >= 4 is 5.90 Å². The monoisotopic (exact) mass is 156 g/mol. The van der Waals surface area contributed by atoms with Crippen molar-refractivity contribution in [2.45, 2.75) is 26.4 Å². The number of aliphatic imine (C=N–C) groups is 1. The van der Waals surface area contributed by atoms with Crippen molar-refractivity contribution in [1.29, 1.82) is 0 Å². The maximum absolute atomic E-state index is 5.53. The molecule has 0 spiro atoms. The summed E-state index contributed by atoms with van der Waals surface area (Å²) in [5, 5.41) is 0. The molecule has 0 aromatic heterocycles. The fraction of sp³-hybridized carbons (Fsp3) is 0.875. The van der Waals surface area contributed by atoms with Gasteiger partial charge in [-0.25, -0.2) is 0 Å². The van der Waals surface area contributed by atoms with Crippen LogP contribution in [0.1, 0.15) is 20.3 Å². The smallest absolute Gasteiger partial charge is 0.186 e. The molecule has 1 heterocycles. The van der Waals surface area contributed by atoms with Gasteiger partial charge >= 0.3 is 0 Å². The van der Waals surface area contributed by atoms with Crippen molar-refractivity contribution in [3.8, 4) is 0 Å². The number of rotatable bonds is 3. The van der Waals surface area contributed by atoms with E-state index in [2.05, 4.69) is 18.8 Å². The highest BCUT2D eigenvalue weighted by molar-refractivity contribution is 5.79. The molecule has 0 radical (unpaired) electrons. The SMILES string of the molecule is CC(C)C1=NCC(CCN)O1. The first-order valence-electron chi connectivity index (χ1n) is 4.15. The van der Waals surface area contributed by atoms with Crippen molar-refractivity contribution in [3.63, 3.8) is 0 Å². The van der Waals surface area contributed by atoms with E-state index in [1.165, 1.54) is 0 Å². The van der Waals surface area contributed by atoms with Gasteiger partial charge in [0.05, 0.1) is 6.54 Å². The normalized spacial score (nSPS) is 23.6. The zero-order chi connectivity index (χ0) is 8.27. The number of hydrogen-bond acceptors (Lipinski definition) is 3. The zero-order valence-corrected chi connectivity index (χ0v) is 7.21. The highest BCUT2D eigenvalue weighted by Gasteiger charge is 2.20. The van der Waals surface area contributed by atoms with Crippen molar-refractivity contribution in [2.24, 2.45) is 16.6 Å². The molecule has 0 aliphatic carbocycles. The summed E-state index contributed by atoms with van der Waals surface area (Å²) in [4.78, 5) is 4.27. The molecule has 1 aliphatic heterocycles. The number of hydrogen-bond donors (Lipinski definition) is 1. The molecule has 0 aromatic carbocycles.